The predicted octanol–water partition coefficient (Wildman–Crippen LogP) is 5.65. The molecule has 96 valence electrons. The van der Waals surface area contributed by atoms with E-state index in [-0.39, 0.29) is 5.41 Å². The van der Waals surface area contributed by atoms with Gasteiger partial charge in [0.2, 0.25) is 0 Å². The SMILES string of the molecule is CCC(C)(CC)Sc1ccc(C(C)(C)C)cc1. The van der Waals surface area contributed by atoms with Gasteiger partial charge in [0.15, 0.2) is 0 Å². The molecule has 1 rings (SSSR count). The van der Waals surface area contributed by atoms with Crippen molar-refractivity contribution in [2.45, 2.75) is 69.4 Å². The lowest BCUT2D eigenvalue weighted by atomic mass is 9.87. The van der Waals surface area contributed by atoms with Crippen molar-refractivity contribution in [3.8, 4) is 0 Å². The molecule has 0 aliphatic carbocycles. The van der Waals surface area contributed by atoms with Gasteiger partial charge in [-0.2, -0.15) is 0 Å². The van der Waals surface area contributed by atoms with Gasteiger partial charge in [0, 0.05) is 9.64 Å². The zero-order valence-corrected chi connectivity index (χ0v) is 12.9. The maximum Gasteiger partial charge on any atom is 0.0173 e. The number of benzene rings is 1. The van der Waals surface area contributed by atoms with E-state index in [0.29, 0.717) is 4.75 Å². The lowest BCUT2D eigenvalue weighted by molar-refractivity contribution is 0.589. The Bertz CT molecular complexity index is 339. The molecule has 0 N–H and O–H groups in total. The molecule has 0 saturated carbocycles. The Morgan fingerprint density at radius 1 is 0.882 bits per heavy atom. The van der Waals surface area contributed by atoms with Gasteiger partial charge in [-0.3, -0.25) is 0 Å². The molecule has 1 aromatic rings. The Balaban J connectivity index is 2.82. The Kier molecular flexibility index (Phi) is 4.71. The summed E-state index contributed by atoms with van der Waals surface area (Å²) in [7, 11) is 0. The lowest BCUT2D eigenvalue weighted by Gasteiger charge is -2.26. The highest BCUT2D eigenvalue weighted by molar-refractivity contribution is 8.00. The van der Waals surface area contributed by atoms with E-state index in [4.69, 9.17) is 0 Å². The fraction of sp³-hybridized carbons (Fsp3) is 0.625. The highest BCUT2D eigenvalue weighted by Gasteiger charge is 2.21. The van der Waals surface area contributed by atoms with E-state index in [1.807, 2.05) is 11.8 Å². The quantitative estimate of drug-likeness (QED) is 0.622. The van der Waals surface area contributed by atoms with E-state index < -0.39 is 0 Å². The molecule has 0 nitrogen and oxygen atoms in total. The molecular formula is C16H26S. The molecule has 1 heteroatoms. The van der Waals surface area contributed by atoms with Crippen LogP contribution in [0.3, 0.4) is 0 Å². The molecule has 0 aromatic heterocycles. The lowest BCUT2D eigenvalue weighted by Crippen LogP contribution is -2.16. The van der Waals surface area contributed by atoms with Crippen molar-refractivity contribution in [3.63, 3.8) is 0 Å². The second kappa shape index (κ2) is 5.48. The molecule has 0 spiro atoms. The maximum absolute atomic E-state index is 2.36. The summed E-state index contributed by atoms with van der Waals surface area (Å²) in [5, 5.41) is 0. The minimum Gasteiger partial charge on any atom is -0.120 e. The predicted molar refractivity (Wildman–Crippen MR) is 80.0 cm³/mol. The van der Waals surface area contributed by atoms with Crippen molar-refractivity contribution in [3.05, 3.63) is 29.8 Å². The van der Waals surface area contributed by atoms with Crippen molar-refractivity contribution < 1.29 is 0 Å². The summed E-state index contributed by atoms with van der Waals surface area (Å²) in [6.07, 6.45) is 2.43. The van der Waals surface area contributed by atoms with Crippen LogP contribution in [0.5, 0.6) is 0 Å². The number of hydrogen-bond donors (Lipinski definition) is 0. The maximum atomic E-state index is 2.36. The Hall–Kier alpha value is -0.430. The standard InChI is InChI=1S/C16H26S/c1-7-16(6,8-2)17-14-11-9-13(10-12-14)15(3,4)5/h9-12H,7-8H2,1-6H3. The van der Waals surface area contributed by atoms with Crippen LogP contribution in [0, 0.1) is 0 Å². The Morgan fingerprint density at radius 2 is 1.35 bits per heavy atom. The van der Waals surface area contributed by atoms with Crippen LogP contribution in [0.4, 0.5) is 0 Å². The number of hydrogen-bond acceptors (Lipinski definition) is 1. The van der Waals surface area contributed by atoms with Crippen molar-refractivity contribution in [1.82, 2.24) is 0 Å². The molecule has 0 heterocycles. The van der Waals surface area contributed by atoms with Gasteiger partial charge in [0.05, 0.1) is 0 Å². The Morgan fingerprint density at radius 3 is 1.71 bits per heavy atom. The van der Waals surface area contributed by atoms with Gasteiger partial charge in [-0.25, -0.2) is 0 Å². The van der Waals surface area contributed by atoms with E-state index in [1.165, 1.54) is 23.3 Å². The average Bonchev–Trinajstić information content (AvgIpc) is 2.28. The third kappa shape index (κ3) is 4.06. The summed E-state index contributed by atoms with van der Waals surface area (Å²) in [5.74, 6) is 0. The molecule has 1 aromatic carbocycles. The summed E-state index contributed by atoms with van der Waals surface area (Å²) in [5.41, 5.74) is 1.67. The number of rotatable bonds is 4. The molecule has 0 aliphatic rings. The normalized spacial score (nSPS) is 12.8. The van der Waals surface area contributed by atoms with Crippen LogP contribution in [0.1, 0.15) is 59.9 Å². The third-order valence-corrected chi connectivity index (χ3v) is 5.16. The molecule has 0 atom stereocenters. The zero-order valence-electron chi connectivity index (χ0n) is 12.1. The summed E-state index contributed by atoms with van der Waals surface area (Å²) >= 11 is 2.01. The smallest absolute Gasteiger partial charge is 0.0173 e. The van der Waals surface area contributed by atoms with Crippen LogP contribution >= 0.6 is 11.8 Å². The second-order valence-corrected chi connectivity index (χ2v) is 7.69. The van der Waals surface area contributed by atoms with Crippen LogP contribution in [-0.2, 0) is 5.41 Å². The van der Waals surface area contributed by atoms with Crippen molar-refractivity contribution >= 4 is 11.8 Å². The van der Waals surface area contributed by atoms with E-state index in [0.717, 1.165) is 0 Å². The number of thioether (sulfide) groups is 1. The van der Waals surface area contributed by atoms with Crippen LogP contribution < -0.4 is 0 Å². The largest absolute Gasteiger partial charge is 0.120 e. The molecular weight excluding hydrogens is 224 g/mol. The first-order valence-corrected chi connectivity index (χ1v) is 7.42. The fourth-order valence-electron chi connectivity index (χ4n) is 1.70. The van der Waals surface area contributed by atoms with Crippen LogP contribution in [-0.4, -0.2) is 4.75 Å². The average molecular weight is 250 g/mol. The van der Waals surface area contributed by atoms with Gasteiger partial charge in [-0.1, -0.05) is 53.7 Å². The highest BCUT2D eigenvalue weighted by atomic mass is 32.2. The van der Waals surface area contributed by atoms with E-state index >= 15 is 0 Å². The monoisotopic (exact) mass is 250 g/mol. The van der Waals surface area contributed by atoms with E-state index in [1.54, 1.807) is 0 Å². The molecule has 0 aliphatic heterocycles. The first kappa shape index (κ1) is 14.6. The van der Waals surface area contributed by atoms with Crippen molar-refractivity contribution in [2.24, 2.45) is 0 Å². The zero-order chi connectivity index (χ0) is 13.1. The fourth-order valence-corrected chi connectivity index (χ4v) is 2.83. The minimum absolute atomic E-state index is 0.252. The van der Waals surface area contributed by atoms with Gasteiger partial charge in [0.25, 0.3) is 0 Å². The first-order chi connectivity index (χ1) is 7.80. The molecule has 17 heavy (non-hydrogen) atoms. The van der Waals surface area contributed by atoms with Crippen molar-refractivity contribution in [1.29, 1.82) is 0 Å². The first-order valence-electron chi connectivity index (χ1n) is 6.60. The van der Waals surface area contributed by atoms with E-state index in [9.17, 15) is 0 Å². The van der Waals surface area contributed by atoms with E-state index in [2.05, 4.69) is 65.8 Å². The van der Waals surface area contributed by atoms with Crippen LogP contribution in [0.25, 0.3) is 0 Å². The molecule has 0 saturated heterocycles. The topological polar surface area (TPSA) is 0 Å². The van der Waals surface area contributed by atoms with Gasteiger partial charge in [-0.05, 0) is 36.0 Å². The van der Waals surface area contributed by atoms with Crippen molar-refractivity contribution in [2.75, 3.05) is 0 Å². The third-order valence-electron chi connectivity index (χ3n) is 3.58. The summed E-state index contributed by atoms with van der Waals surface area (Å²) in [4.78, 5) is 1.39. The second-order valence-electron chi connectivity index (χ2n) is 6.03. The molecule has 0 unspecified atom stereocenters. The molecule has 0 bridgehead atoms. The van der Waals surface area contributed by atoms with Gasteiger partial charge in [-0.15, -0.1) is 11.8 Å². The highest BCUT2D eigenvalue weighted by Crippen LogP contribution is 2.38. The summed E-state index contributed by atoms with van der Waals surface area (Å²) in [6, 6.07) is 9.09. The Labute approximate surface area is 111 Å². The van der Waals surface area contributed by atoms with Gasteiger partial charge in [0.1, 0.15) is 0 Å². The van der Waals surface area contributed by atoms with Crippen LogP contribution in [0.15, 0.2) is 29.2 Å². The van der Waals surface area contributed by atoms with Gasteiger partial charge < -0.3 is 0 Å². The summed E-state index contributed by atoms with van der Waals surface area (Å²) in [6.45, 7) is 13.7. The molecule has 0 radical (unpaired) electrons. The summed E-state index contributed by atoms with van der Waals surface area (Å²) < 4.78 is 0.378. The van der Waals surface area contributed by atoms with Crippen LogP contribution in [0.2, 0.25) is 0 Å². The molecule has 0 fully saturated rings. The molecule has 0 amide bonds. The van der Waals surface area contributed by atoms with Gasteiger partial charge >= 0.3 is 0 Å². The minimum atomic E-state index is 0.252.